The van der Waals surface area contributed by atoms with Gasteiger partial charge in [0.15, 0.2) is 0 Å². The number of aryl methyl sites for hydroxylation is 1. The Kier molecular flexibility index (Phi) is 4.04. The number of β-amino-alcohol motifs (C(OH)–C–C–N with tert-alkyl or cyclic N) is 1. The molecule has 2 aromatic rings. The number of fused-ring (bicyclic) bond motifs is 1. The smallest absolute Gasteiger partial charge is 0.253 e. The van der Waals surface area contributed by atoms with Crippen LogP contribution in [0.5, 0.6) is 0 Å². The van der Waals surface area contributed by atoms with Crippen molar-refractivity contribution in [2.75, 3.05) is 20.1 Å². The Labute approximate surface area is 133 Å². The van der Waals surface area contributed by atoms with Crippen LogP contribution in [0.1, 0.15) is 22.5 Å². The summed E-state index contributed by atoms with van der Waals surface area (Å²) in [4.78, 5) is 25.7. The largest absolute Gasteiger partial charge is 0.391 e. The van der Waals surface area contributed by atoms with Gasteiger partial charge in [0, 0.05) is 49.1 Å². The maximum atomic E-state index is 12.7. The highest BCUT2D eigenvalue weighted by atomic mass is 16.3. The zero-order valence-corrected chi connectivity index (χ0v) is 13.2. The molecular weight excluding hydrogens is 296 g/mol. The van der Waals surface area contributed by atoms with Crippen molar-refractivity contribution in [1.82, 2.24) is 20.4 Å². The van der Waals surface area contributed by atoms with E-state index in [2.05, 4.69) is 15.5 Å². The number of carbonyl (C=O) groups is 2. The molecule has 1 fully saturated rings. The van der Waals surface area contributed by atoms with Crippen LogP contribution >= 0.6 is 0 Å². The molecule has 1 saturated heterocycles. The van der Waals surface area contributed by atoms with Gasteiger partial charge in [0.2, 0.25) is 5.91 Å². The molecule has 1 aromatic carbocycles. The lowest BCUT2D eigenvalue weighted by atomic mass is 10.0. The highest BCUT2D eigenvalue weighted by molar-refractivity contribution is 5.98. The number of nitrogens with one attached hydrogen (secondary N) is 2. The minimum Gasteiger partial charge on any atom is -0.391 e. The number of aromatic nitrogens is 2. The Bertz CT molecular complexity index is 755. The number of benzene rings is 1. The lowest BCUT2D eigenvalue weighted by molar-refractivity contribution is -0.122. The number of aromatic amines is 1. The van der Waals surface area contributed by atoms with Crippen molar-refractivity contribution in [3.63, 3.8) is 0 Å². The first kappa shape index (κ1) is 15.5. The Morgan fingerprint density at radius 3 is 2.96 bits per heavy atom. The van der Waals surface area contributed by atoms with Crippen molar-refractivity contribution < 1.29 is 14.7 Å². The summed E-state index contributed by atoms with van der Waals surface area (Å²) in [5.41, 5.74) is 2.29. The van der Waals surface area contributed by atoms with Crippen molar-refractivity contribution in [1.29, 1.82) is 0 Å². The van der Waals surface area contributed by atoms with Gasteiger partial charge in [0.1, 0.15) is 0 Å². The second-order valence-electron chi connectivity index (χ2n) is 6.00. The van der Waals surface area contributed by atoms with E-state index in [9.17, 15) is 14.7 Å². The van der Waals surface area contributed by atoms with E-state index in [-0.39, 0.29) is 30.7 Å². The van der Waals surface area contributed by atoms with Gasteiger partial charge in [-0.1, -0.05) is 0 Å². The summed E-state index contributed by atoms with van der Waals surface area (Å²) >= 11 is 0. The second-order valence-corrected chi connectivity index (χ2v) is 6.00. The first-order chi connectivity index (χ1) is 11.0. The van der Waals surface area contributed by atoms with Crippen LogP contribution in [0.25, 0.3) is 10.9 Å². The standard InChI is InChI=1S/C16H20N4O3/c1-9-12-5-10(3-4-13(12)19-18-9)16(23)20-7-11(14(21)8-20)6-15(22)17-2/h3-5,11,14,21H,6-8H2,1-2H3,(H,17,22)(H,18,19)/t11-,14-/m1/s1. The average Bonchev–Trinajstić information content (AvgIpc) is 3.10. The molecule has 0 radical (unpaired) electrons. The second kappa shape index (κ2) is 6.00. The number of carbonyl (C=O) groups excluding carboxylic acids is 2. The van der Waals surface area contributed by atoms with Crippen molar-refractivity contribution in [2.24, 2.45) is 5.92 Å². The van der Waals surface area contributed by atoms with Crippen molar-refractivity contribution >= 4 is 22.7 Å². The van der Waals surface area contributed by atoms with E-state index < -0.39 is 6.10 Å². The molecular formula is C16H20N4O3. The Hall–Kier alpha value is -2.41. The molecule has 0 aliphatic carbocycles. The normalized spacial score (nSPS) is 20.9. The molecule has 0 bridgehead atoms. The molecule has 3 rings (SSSR count). The first-order valence-corrected chi connectivity index (χ1v) is 7.62. The molecule has 7 heteroatoms. The number of H-pyrrole nitrogens is 1. The monoisotopic (exact) mass is 316 g/mol. The predicted octanol–water partition coefficient (Wildman–Crippen LogP) is 0.440. The van der Waals surface area contributed by atoms with E-state index in [1.165, 1.54) is 0 Å². The topological polar surface area (TPSA) is 98.3 Å². The van der Waals surface area contributed by atoms with Crippen LogP contribution < -0.4 is 5.32 Å². The Morgan fingerprint density at radius 2 is 2.22 bits per heavy atom. The summed E-state index contributed by atoms with van der Waals surface area (Å²) in [6, 6.07) is 5.36. The minimum absolute atomic E-state index is 0.126. The molecule has 2 heterocycles. The molecule has 122 valence electrons. The number of hydrogen-bond donors (Lipinski definition) is 3. The van der Waals surface area contributed by atoms with Crippen molar-refractivity contribution in [3.05, 3.63) is 29.5 Å². The average molecular weight is 316 g/mol. The summed E-state index contributed by atoms with van der Waals surface area (Å²) in [5, 5.41) is 20.6. The number of amides is 2. The molecule has 0 saturated carbocycles. The summed E-state index contributed by atoms with van der Waals surface area (Å²) in [5.74, 6) is -0.483. The highest BCUT2D eigenvalue weighted by Gasteiger charge is 2.35. The molecule has 2 amide bonds. The molecule has 1 aromatic heterocycles. The maximum absolute atomic E-state index is 12.7. The summed E-state index contributed by atoms with van der Waals surface area (Å²) in [6.45, 7) is 2.54. The van der Waals surface area contributed by atoms with Crippen LogP contribution in [-0.2, 0) is 4.79 Å². The van der Waals surface area contributed by atoms with E-state index in [1.54, 1.807) is 24.1 Å². The van der Waals surface area contributed by atoms with Gasteiger partial charge in [0.05, 0.1) is 11.6 Å². The SMILES string of the molecule is CNC(=O)C[C@@H]1CN(C(=O)c2ccc3n[nH]c(C)c3c2)C[C@H]1O. The van der Waals surface area contributed by atoms with Crippen molar-refractivity contribution in [3.8, 4) is 0 Å². The van der Waals surface area contributed by atoms with Crippen LogP contribution in [0.2, 0.25) is 0 Å². The zero-order chi connectivity index (χ0) is 16.6. The molecule has 7 nitrogen and oxygen atoms in total. The van der Waals surface area contributed by atoms with Crippen LogP contribution in [0, 0.1) is 12.8 Å². The fraction of sp³-hybridized carbons (Fsp3) is 0.438. The quantitative estimate of drug-likeness (QED) is 0.765. The highest BCUT2D eigenvalue weighted by Crippen LogP contribution is 2.24. The van der Waals surface area contributed by atoms with E-state index in [0.717, 1.165) is 16.6 Å². The number of likely N-dealkylation sites (tertiary alicyclic amines) is 1. The van der Waals surface area contributed by atoms with Gasteiger partial charge in [-0.15, -0.1) is 0 Å². The Morgan fingerprint density at radius 1 is 1.43 bits per heavy atom. The molecule has 2 atom stereocenters. The summed E-state index contributed by atoms with van der Waals surface area (Å²) in [7, 11) is 1.56. The lowest BCUT2D eigenvalue weighted by Gasteiger charge is -2.16. The third kappa shape index (κ3) is 2.92. The zero-order valence-electron chi connectivity index (χ0n) is 13.2. The molecule has 0 spiro atoms. The number of nitrogens with zero attached hydrogens (tertiary/aromatic N) is 2. The summed E-state index contributed by atoms with van der Waals surface area (Å²) < 4.78 is 0. The fourth-order valence-corrected chi connectivity index (χ4v) is 3.01. The van der Waals surface area contributed by atoms with Gasteiger partial charge in [0.25, 0.3) is 5.91 Å². The third-order valence-corrected chi connectivity index (χ3v) is 4.41. The number of aliphatic hydroxyl groups is 1. The summed E-state index contributed by atoms with van der Waals surface area (Å²) in [6.07, 6.45) is -0.447. The van der Waals surface area contributed by atoms with Gasteiger partial charge in [-0.25, -0.2) is 0 Å². The molecule has 23 heavy (non-hydrogen) atoms. The van der Waals surface area contributed by atoms with Gasteiger partial charge in [-0.05, 0) is 25.1 Å². The van der Waals surface area contributed by atoms with Crippen LogP contribution in [0.15, 0.2) is 18.2 Å². The maximum Gasteiger partial charge on any atom is 0.253 e. The Balaban J connectivity index is 1.77. The van der Waals surface area contributed by atoms with Crippen LogP contribution in [0.4, 0.5) is 0 Å². The minimum atomic E-state index is -0.671. The van der Waals surface area contributed by atoms with E-state index in [4.69, 9.17) is 0 Å². The van der Waals surface area contributed by atoms with Gasteiger partial charge in [-0.2, -0.15) is 5.10 Å². The van der Waals surface area contributed by atoms with Crippen LogP contribution in [-0.4, -0.2) is 58.3 Å². The van der Waals surface area contributed by atoms with Gasteiger partial charge < -0.3 is 15.3 Å². The molecule has 0 unspecified atom stereocenters. The fourth-order valence-electron chi connectivity index (χ4n) is 3.01. The molecule has 3 N–H and O–H groups in total. The molecule has 1 aliphatic heterocycles. The number of hydrogen-bond acceptors (Lipinski definition) is 4. The van der Waals surface area contributed by atoms with E-state index in [1.807, 2.05) is 13.0 Å². The lowest BCUT2D eigenvalue weighted by Crippen LogP contribution is -2.29. The number of aliphatic hydroxyl groups excluding tert-OH is 1. The van der Waals surface area contributed by atoms with Crippen molar-refractivity contribution in [2.45, 2.75) is 19.4 Å². The first-order valence-electron chi connectivity index (χ1n) is 7.62. The third-order valence-electron chi connectivity index (χ3n) is 4.41. The number of rotatable bonds is 3. The van der Waals surface area contributed by atoms with Crippen LogP contribution in [0.3, 0.4) is 0 Å². The molecule has 1 aliphatic rings. The van der Waals surface area contributed by atoms with Gasteiger partial charge >= 0.3 is 0 Å². The van der Waals surface area contributed by atoms with E-state index in [0.29, 0.717) is 12.1 Å². The van der Waals surface area contributed by atoms with E-state index >= 15 is 0 Å². The predicted molar refractivity (Wildman–Crippen MR) is 84.9 cm³/mol. The van der Waals surface area contributed by atoms with Gasteiger partial charge in [-0.3, -0.25) is 14.7 Å².